The summed E-state index contributed by atoms with van der Waals surface area (Å²) in [6, 6.07) is -0.140. The van der Waals surface area contributed by atoms with Crippen molar-refractivity contribution in [1.29, 1.82) is 0 Å². The first kappa shape index (κ1) is 16.6. The Morgan fingerprint density at radius 2 is 2.14 bits per heavy atom. The van der Waals surface area contributed by atoms with Crippen molar-refractivity contribution in [1.82, 2.24) is 20.2 Å². The Hall–Kier alpha value is -1.74. The predicted octanol–water partition coefficient (Wildman–Crippen LogP) is -0.633. The van der Waals surface area contributed by atoms with Crippen LogP contribution in [0.2, 0.25) is 0 Å². The number of sulfone groups is 1. The quantitative estimate of drug-likeness (QED) is 0.716. The lowest BCUT2D eigenvalue weighted by Gasteiger charge is -2.12. The average Bonchev–Trinajstić information content (AvgIpc) is 2.78. The molecule has 0 bridgehead atoms. The minimum Gasteiger partial charge on any atom is -0.365 e. The van der Waals surface area contributed by atoms with Gasteiger partial charge in [0.25, 0.3) is 5.91 Å². The zero-order valence-electron chi connectivity index (χ0n) is 12.7. The number of hydrogen-bond donors (Lipinski definition) is 2. The van der Waals surface area contributed by atoms with Gasteiger partial charge in [-0.2, -0.15) is 0 Å². The number of nitrogens with zero attached hydrogens (tertiary/aromatic N) is 3. The van der Waals surface area contributed by atoms with E-state index in [9.17, 15) is 13.2 Å². The average molecular weight is 327 g/mol. The van der Waals surface area contributed by atoms with E-state index in [1.165, 1.54) is 12.4 Å². The van der Waals surface area contributed by atoms with Crippen LogP contribution in [0.25, 0.3) is 0 Å². The Morgan fingerprint density at radius 1 is 1.36 bits per heavy atom. The molecule has 0 aromatic carbocycles. The lowest BCUT2D eigenvalue weighted by atomic mass is 10.3. The van der Waals surface area contributed by atoms with Crippen LogP contribution in [0, 0.1) is 0 Å². The second-order valence-corrected chi connectivity index (χ2v) is 7.82. The second kappa shape index (κ2) is 7.01. The van der Waals surface area contributed by atoms with E-state index in [0.717, 1.165) is 6.54 Å². The molecule has 0 saturated carbocycles. The minimum atomic E-state index is -2.93. The van der Waals surface area contributed by atoms with Crippen molar-refractivity contribution in [3.8, 4) is 0 Å². The van der Waals surface area contributed by atoms with Crippen LogP contribution in [-0.4, -0.2) is 73.9 Å². The van der Waals surface area contributed by atoms with E-state index in [1.807, 2.05) is 19.0 Å². The molecule has 0 spiro atoms. The molecular formula is C13H21N5O3S. The van der Waals surface area contributed by atoms with Gasteiger partial charge < -0.3 is 15.5 Å². The number of nitrogens with one attached hydrogen (secondary N) is 2. The van der Waals surface area contributed by atoms with Crippen molar-refractivity contribution in [2.24, 2.45) is 0 Å². The first-order valence-corrected chi connectivity index (χ1v) is 8.90. The Balaban J connectivity index is 1.86. The first-order valence-electron chi connectivity index (χ1n) is 7.08. The predicted molar refractivity (Wildman–Crippen MR) is 83.6 cm³/mol. The SMILES string of the molecule is CN(C)CCNC(=O)c1cnc(NC2CCS(=O)(=O)C2)cn1. The van der Waals surface area contributed by atoms with Gasteiger partial charge in [0.05, 0.1) is 23.9 Å². The highest BCUT2D eigenvalue weighted by Crippen LogP contribution is 2.15. The summed E-state index contributed by atoms with van der Waals surface area (Å²) in [4.78, 5) is 22.0. The van der Waals surface area contributed by atoms with Gasteiger partial charge in [0.2, 0.25) is 0 Å². The van der Waals surface area contributed by atoms with Crippen molar-refractivity contribution in [2.45, 2.75) is 12.5 Å². The number of anilines is 1. The number of rotatable bonds is 6. The normalized spacial score (nSPS) is 20.0. The molecule has 2 rings (SSSR count). The van der Waals surface area contributed by atoms with Gasteiger partial charge in [0, 0.05) is 19.1 Å². The van der Waals surface area contributed by atoms with Gasteiger partial charge in [0.1, 0.15) is 11.5 Å². The highest BCUT2D eigenvalue weighted by Gasteiger charge is 2.27. The standard InChI is InChI=1S/C13H21N5O3S/c1-18(2)5-4-14-13(19)11-7-16-12(8-15-11)17-10-3-6-22(20,21)9-10/h7-8,10H,3-6,9H2,1-2H3,(H,14,19)(H,16,17). The molecule has 122 valence electrons. The minimum absolute atomic E-state index is 0.113. The highest BCUT2D eigenvalue weighted by molar-refractivity contribution is 7.91. The highest BCUT2D eigenvalue weighted by atomic mass is 32.2. The van der Waals surface area contributed by atoms with Crippen LogP contribution in [0.15, 0.2) is 12.4 Å². The number of hydrogen-bond acceptors (Lipinski definition) is 7. The van der Waals surface area contributed by atoms with Crippen molar-refractivity contribution in [2.75, 3.05) is 44.0 Å². The number of likely N-dealkylation sites (N-methyl/N-ethyl adjacent to an activating group) is 1. The molecule has 1 aliphatic heterocycles. The molecule has 1 aromatic rings. The van der Waals surface area contributed by atoms with E-state index in [0.29, 0.717) is 18.8 Å². The molecule has 2 heterocycles. The lowest BCUT2D eigenvalue weighted by molar-refractivity contribution is 0.0945. The van der Waals surface area contributed by atoms with Gasteiger partial charge in [-0.15, -0.1) is 0 Å². The summed E-state index contributed by atoms with van der Waals surface area (Å²) in [5, 5.41) is 5.78. The van der Waals surface area contributed by atoms with Gasteiger partial charge in [-0.25, -0.2) is 18.4 Å². The molecule has 1 unspecified atom stereocenters. The van der Waals surface area contributed by atoms with Gasteiger partial charge in [-0.1, -0.05) is 0 Å². The third kappa shape index (κ3) is 4.92. The summed E-state index contributed by atoms with van der Waals surface area (Å²) >= 11 is 0. The fourth-order valence-corrected chi connectivity index (χ4v) is 3.79. The van der Waals surface area contributed by atoms with Crippen molar-refractivity contribution in [3.05, 3.63) is 18.1 Å². The number of amides is 1. The summed E-state index contributed by atoms with van der Waals surface area (Å²) in [6.07, 6.45) is 3.40. The van der Waals surface area contributed by atoms with E-state index < -0.39 is 9.84 Å². The van der Waals surface area contributed by atoms with E-state index in [4.69, 9.17) is 0 Å². The maximum atomic E-state index is 11.8. The van der Waals surface area contributed by atoms with E-state index in [2.05, 4.69) is 20.6 Å². The summed E-state index contributed by atoms with van der Waals surface area (Å²) in [6.45, 7) is 1.28. The molecule has 1 aromatic heterocycles. The molecule has 0 aliphatic carbocycles. The van der Waals surface area contributed by atoms with Crippen LogP contribution < -0.4 is 10.6 Å². The molecule has 2 N–H and O–H groups in total. The fraction of sp³-hybridized carbons (Fsp3) is 0.615. The Morgan fingerprint density at radius 3 is 2.68 bits per heavy atom. The number of carbonyl (C=O) groups is 1. The van der Waals surface area contributed by atoms with Crippen LogP contribution >= 0.6 is 0 Å². The number of carbonyl (C=O) groups excluding carboxylic acids is 1. The van der Waals surface area contributed by atoms with Gasteiger partial charge >= 0.3 is 0 Å². The van der Waals surface area contributed by atoms with Crippen LogP contribution in [-0.2, 0) is 9.84 Å². The van der Waals surface area contributed by atoms with Gasteiger partial charge in [0.15, 0.2) is 9.84 Å². The molecule has 1 aliphatic rings. The van der Waals surface area contributed by atoms with E-state index in [1.54, 1.807) is 0 Å². The fourth-order valence-electron chi connectivity index (χ4n) is 2.12. The van der Waals surface area contributed by atoms with Crippen LogP contribution in [0.5, 0.6) is 0 Å². The van der Waals surface area contributed by atoms with E-state index >= 15 is 0 Å². The van der Waals surface area contributed by atoms with Crippen molar-refractivity contribution >= 4 is 21.6 Å². The molecule has 1 atom stereocenters. The third-order valence-electron chi connectivity index (χ3n) is 3.31. The Bertz CT molecular complexity index is 615. The van der Waals surface area contributed by atoms with E-state index in [-0.39, 0.29) is 29.1 Å². The summed E-state index contributed by atoms with van der Waals surface area (Å²) in [7, 11) is 0.919. The first-order chi connectivity index (χ1) is 10.4. The molecule has 22 heavy (non-hydrogen) atoms. The van der Waals surface area contributed by atoms with Gasteiger partial charge in [-0.05, 0) is 20.5 Å². The zero-order chi connectivity index (χ0) is 16.2. The molecule has 1 amide bonds. The van der Waals surface area contributed by atoms with Crippen molar-refractivity contribution in [3.63, 3.8) is 0 Å². The maximum Gasteiger partial charge on any atom is 0.271 e. The summed E-state index contributed by atoms with van der Waals surface area (Å²) < 4.78 is 22.8. The summed E-state index contributed by atoms with van der Waals surface area (Å²) in [5.74, 6) is 0.516. The largest absolute Gasteiger partial charge is 0.365 e. The Kier molecular flexibility index (Phi) is 5.30. The monoisotopic (exact) mass is 327 g/mol. The number of aromatic nitrogens is 2. The third-order valence-corrected chi connectivity index (χ3v) is 5.08. The maximum absolute atomic E-state index is 11.8. The smallest absolute Gasteiger partial charge is 0.271 e. The molecule has 0 radical (unpaired) electrons. The second-order valence-electron chi connectivity index (χ2n) is 5.59. The summed E-state index contributed by atoms with van der Waals surface area (Å²) in [5.41, 5.74) is 0.239. The topological polar surface area (TPSA) is 104 Å². The van der Waals surface area contributed by atoms with Crippen LogP contribution in [0.1, 0.15) is 16.9 Å². The Labute approximate surface area is 130 Å². The van der Waals surface area contributed by atoms with Crippen molar-refractivity contribution < 1.29 is 13.2 Å². The molecular weight excluding hydrogens is 306 g/mol. The van der Waals surface area contributed by atoms with Crippen LogP contribution in [0.4, 0.5) is 5.82 Å². The van der Waals surface area contributed by atoms with Gasteiger partial charge in [-0.3, -0.25) is 4.79 Å². The lowest BCUT2D eigenvalue weighted by Crippen LogP contribution is -2.32. The zero-order valence-corrected chi connectivity index (χ0v) is 13.6. The molecule has 1 fully saturated rings. The van der Waals surface area contributed by atoms with Crippen LogP contribution in [0.3, 0.4) is 0 Å². The molecule has 8 nitrogen and oxygen atoms in total. The molecule has 9 heteroatoms. The molecule has 1 saturated heterocycles.